The standard InChI is InChI=1S/C17H16FN3O5/c1-10(16(22)20-13-6-4-3-5-12(13)18)26-17(23)11-7-8-14(19-2)15(9-11)21(24)25/h3-10,19H,1-2H3,(H,20,22)/t10-/m0/s1. The van der Waals surface area contributed by atoms with Gasteiger partial charge in [-0.3, -0.25) is 14.9 Å². The largest absolute Gasteiger partial charge is 0.449 e. The van der Waals surface area contributed by atoms with Crippen molar-refractivity contribution in [2.75, 3.05) is 17.7 Å². The van der Waals surface area contributed by atoms with Crippen molar-refractivity contribution >= 4 is 28.9 Å². The third kappa shape index (κ3) is 4.32. The highest BCUT2D eigenvalue weighted by Crippen LogP contribution is 2.25. The topological polar surface area (TPSA) is 111 Å². The van der Waals surface area contributed by atoms with Crippen molar-refractivity contribution in [3.63, 3.8) is 0 Å². The van der Waals surface area contributed by atoms with Crippen LogP contribution in [0.2, 0.25) is 0 Å². The predicted molar refractivity (Wildman–Crippen MR) is 92.6 cm³/mol. The molecule has 2 N–H and O–H groups in total. The van der Waals surface area contributed by atoms with E-state index in [1.807, 2.05) is 0 Å². The predicted octanol–water partition coefficient (Wildman–Crippen LogP) is 2.96. The number of para-hydroxylation sites is 1. The van der Waals surface area contributed by atoms with Crippen LogP contribution in [0.1, 0.15) is 17.3 Å². The number of nitrogens with zero attached hydrogens (tertiary/aromatic N) is 1. The summed E-state index contributed by atoms with van der Waals surface area (Å²) in [5.74, 6) is -2.27. The summed E-state index contributed by atoms with van der Waals surface area (Å²) in [6.45, 7) is 1.31. The third-order valence-corrected chi connectivity index (χ3v) is 3.48. The first kappa shape index (κ1) is 18.8. The van der Waals surface area contributed by atoms with E-state index in [1.54, 1.807) is 0 Å². The second-order valence-corrected chi connectivity index (χ2v) is 5.26. The number of esters is 1. The van der Waals surface area contributed by atoms with E-state index in [-0.39, 0.29) is 22.6 Å². The molecular formula is C17H16FN3O5. The molecular weight excluding hydrogens is 345 g/mol. The number of ether oxygens (including phenoxy) is 1. The maximum atomic E-state index is 13.5. The van der Waals surface area contributed by atoms with Gasteiger partial charge in [0, 0.05) is 13.1 Å². The highest BCUT2D eigenvalue weighted by atomic mass is 19.1. The summed E-state index contributed by atoms with van der Waals surface area (Å²) in [5.41, 5.74) is -0.196. The van der Waals surface area contributed by atoms with Crippen molar-refractivity contribution in [3.05, 3.63) is 64.0 Å². The highest BCUT2D eigenvalue weighted by Gasteiger charge is 2.22. The molecule has 0 spiro atoms. The Kier molecular flexibility index (Phi) is 5.84. The Morgan fingerprint density at radius 3 is 2.50 bits per heavy atom. The summed E-state index contributed by atoms with van der Waals surface area (Å²) in [6.07, 6.45) is -1.23. The third-order valence-electron chi connectivity index (χ3n) is 3.48. The lowest BCUT2D eigenvalue weighted by molar-refractivity contribution is -0.384. The molecule has 0 aliphatic carbocycles. The zero-order valence-electron chi connectivity index (χ0n) is 14.0. The molecule has 0 saturated carbocycles. The zero-order chi connectivity index (χ0) is 19.3. The van der Waals surface area contributed by atoms with Crippen LogP contribution in [0.15, 0.2) is 42.5 Å². The van der Waals surface area contributed by atoms with E-state index in [0.717, 1.165) is 6.07 Å². The SMILES string of the molecule is CNc1ccc(C(=O)O[C@@H](C)C(=O)Nc2ccccc2F)cc1[N+](=O)[O-]. The Hall–Kier alpha value is -3.49. The van der Waals surface area contributed by atoms with Crippen LogP contribution in [-0.4, -0.2) is 30.0 Å². The molecule has 0 saturated heterocycles. The first-order chi connectivity index (χ1) is 12.3. The maximum Gasteiger partial charge on any atom is 0.339 e. The minimum atomic E-state index is -1.23. The molecule has 9 heteroatoms. The Morgan fingerprint density at radius 2 is 1.88 bits per heavy atom. The quantitative estimate of drug-likeness (QED) is 0.465. The molecule has 0 aliphatic rings. The smallest absolute Gasteiger partial charge is 0.339 e. The number of hydrogen-bond acceptors (Lipinski definition) is 6. The second kappa shape index (κ2) is 8.06. The van der Waals surface area contributed by atoms with Gasteiger partial charge in [0.05, 0.1) is 16.2 Å². The van der Waals surface area contributed by atoms with Crippen LogP contribution in [0.3, 0.4) is 0 Å². The normalized spacial score (nSPS) is 11.3. The number of carbonyl (C=O) groups is 2. The summed E-state index contributed by atoms with van der Waals surface area (Å²) in [5, 5.41) is 16.0. The van der Waals surface area contributed by atoms with Crippen molar-refractivity contribution in [3.8, 4) is 0 Å². The van der Waals surface area contributed by atoms with Crippen molar-refractivity contribution in [1.29, 1.82) is 0 Å². The number of halogens is 1. The number of nitro groups is 1. The van der Waals surface area contributed by atoms with Gasteiger partial charge in [0.15, 0.2) is 6.10 Å². The zero-order valence-corrected chi connectivity index (χ0v) is 14.0. The molecule has 26 heavy (non-hydrogen) atoms. The fourth-order valence-corrected chi connectivity index (χ4v) is 2.10. The molecule has 0 heterocycles. The van der Waals surface area contributed by atoms with E-state index in [4.69, 9.17) is 4.74 Å². The Morgan fingerprint density at radius 1 is 1.19 bits per heavy atom. The average molecular weight is 361 g/mol. The molecule has 0 fully saturated rings. The van der Waals surface area contributed by atoms with Crippen molar-refractivity contribution in [2.24, 2.45) is 0 Å². The molecule has 0 unspecified atom stereocenters. The van der Waals surface area contributed by atoms with Gasteiger partial charge in [-0.05, 0) is 31.2 Å². The summed E-state index contributed by atoms with van der Waals surface area (Å²) in [7, 11) is 1.51. The average Bonchev–Trinajstić information content (AvgIpc) is 2.62. The van der Waals surface area contributed by atoms with Crippen LogP contribution < -0.4 is 10.6 Å². The fourth-order valence-electron chi connectivity index (χ4n) is 2.10. The Balaban J connectivity index is 2.09. The Labute approximate surface area is 148 Å². The monoisotopic (exact) mass is 361 g/mol. The number of amides is 1. The number of nitro benzene ring substituents is 1. The van der Waals surface area contributed by atoms with E-state index >= 15 is 0 Å². The lowest BCUT2D eigenvalue weighted by Gasteiger charge is -2.14. The second-order valence-electron chi connectivity index (χ2n) is 5.26. The van der Waals surface area contributed by atoms with Crippen molar-refractivity contribution < 1.29 is 23.6 Å². The van der Waals surface area contributed by atoms with Crippen LogP contribution in [-0.2, 0) is 9.53 Å². The molecule has 1 amide bonds. The van der Waals surface area contributed by atoms with E-state index in [0.29, 0.717) is 0 Å². The Bertz CT molecular complexity index is 856. The van der Waals surface area contributed by atoms with Crippen LogP contribution >= 0.6 is 0 Å². The molecule has 2 aromatic rings. The first-order valence-electron chi connectivity index (χ1n) is 7.56. The molecule has 0 aliphatic heterocycles. The van der Waals surface area contributed by atoms with Gasteiger partial charge in [-0.25, -0.2) is 9.18 Å². The minimum absolute atomic E-state index is 0.0468. The summed E-state index contributed by atoms with van der Waals surface area (Å²) in [4.78, 5) is 34.6. The number of hydrogen-bond donors (Lipinski definition) is 2. The van der Waals surface area contributed by atoms with Crippen LogP contribution in [0.4, 0.5) is 21.5 Å². The van der Waals surface area contributed by atoms with Gasteiger partial charge in [0.25, 0.3) is 11.6 Å². The number of carbonyl (C=O) groups excluding carboxylic acids is 2. The summed E-state index contributed by atoms with van der Waals surface area (Å²) in [6, 6.07) is 9.29. The summed E-state index contributed by atoms with van der Waals surface area (Å²) >= 11 is 0. The molecule has 8 nitrogen and oxygen atoms in total. The van der Waals surface area contributed by atoms with Gasteiger partial charge in [0.1, 0.15) is 11.5 Å². The van der Waals surface area contributed by atoms with E-state index < -0.39 is 28.7 Å². The number of anilines is 2. The molecule has 2 rings (SSSR count). The molecule has 1 atom stereocenters. The molecule has 0 radical (unpaired) electrons. The molecule has 0 aromatic heterocycles. The fraction of sp³-hybridized carbons (Fsp3) is 0.176. The van der Waals surface area contributed by atoms with Gasteiger partial charge < -0.3 is 15.4 Å². The van der Waals surface area contributed by atoms with E-state index in [2.05, 4.69) is 10.6 Å². The van der Waals surface area contributed by atoms with Crippen LogP contribution in [0, 0.1) is 15.9 Å². The van der Waals surface area contributed by atoms with Gasteiger partial charge in [-0.1, -0.05) is 12.1 Å². The van der Waals surface area contributed by atoms with Crippen molar-refractivity contribution in [2.45, 2.75) is 13.0 Å². The highest BCUT2D eigenvalue weighted by molar-refractivity contribution is 5.97. The maximum absolute atomic E-state index is 13.5. The molecule has 136 valence electrons. The lowest BCUT2D eigenvalue weighted by Crippen LogP contribution is -2.30. The first-order valence-corrected chi connectivity index (χ1v) is 7.56. The van der Waals surface area contributed by atoms with Gasteiger partial charge >= 0.3 is 5.97 Å². The molecule has 2 aromatic carbocycles. The van der Waals surface area contributed by atoms with Gasteiger partial charge in [-0.2, -0.15) is 0 Å². The number of benzene rings is 2. The number of nitrogens with one attached hydrogen (secondary N) is 2. The van der Waals surface area contributed by atoms with Crippen LogP contribution in [0.25, 0.3) is 0 Å². The molecule has 0 bridgehead atoms. The summed E-state index contributed by atoms with van der Waals surface area (Å²) < 4.78 is 18.5. The van der Waals surface area contributed by atoms with E-state index in [1.165, 1.54) is 50.4 Å². The van der Waals surface area contributed by atoms with Crippen LogP contribution in [0.5, 0.6) is 0 Å². The van der Waals surface area contributed by atoms with Gasteiger partial charge in [0.2, 0.25) is 0 Å². The number of rotatable bonds is 6. The van der Waals surface area contributed by atoms with Gasteiger partial charge in [-0.15, -0.1) is 0 Å². The van der Waals surface area contributed by atoms with E-state index in [9.17, 15) is 24.1 Å². The van der Waals surface area contributed by atoms with Crippen molar-refractivity contribution in [1.82, 2.24) is 0 Å². The lowest BCUT2D eigenvalue weighted by atomic mass is 10.1. The minimum Gasteiger partial charge on any atom is -0.449 e.